The van der Waals surface area contributed by atoms with E-state index in [-0.39, 0.29) is 5.91 Å². The van der Waals surface area contributed by atoms with Crippen molar-refractivity contribution in [3.63, 3.8) is 0 Å². The molecule has 0 spiro atoms. The first-order valence-corrected chi connectivity index (χ1v) is 8.05. The van der Waals surface area contributed by atoms with E-state index >= 15 is 0 Å². The minimum Gasteiger partial charge on any atom is -0.379 e. The van der Waals surface area contributed by atoms with Crippen LogP contribution in [0.5, 0.6) is 0 Å². The third-order valence-electron chi connectivity index (χ3n) is 2.43. The molecule has 2 aromatic rings. The molecule has 0 atom stereocenters. The van der Waals surface area contributed by atoms with Crippen LogP contribution in [-0.4, -0.2) is 5.91 Å². The fourth-order valence-electron chi connectivity index (χ4n) is 1.59. The van der Waals surface area contributed by atoms with Crippen molar-refractivity contribution >= 4 is 60.5 Å². The molecule has 0 fully saturated rings. The van der Waals surface area contributed by atoms with E-state index in [0.29, 0.717) is 6.54 Å². The Morgan fingerprint density at radius 1 is 1.26 bits per heavy atom. The van der Waals surface area contributed by atoms with Gasteiger partial charge in [0.2, 0.25) is 5.91 Å². The molecule has 0 aliphatic carbocycles. The zero-order chi connectivity index (χ0) is 13.8. The molecule has 1 amide bonds. The van der Waals surface area contributed by atoms with Gasteiger partial charge in [0.1, 0.15) is 0 Å². The number of carbonyl (C=O) groups is 1. The minimum absolute atomic E-state index is 0.0514. The van der Waals surface area contributed by atoms with Crippen LogP contribution in [0.2, 0.25) is 0 Å². The summed E-state index contributed by atoms with van der Waals surface area (Å²) in [4.78, 5) is 12.2. The van der Waals surface area contributed by atoms with Crippen molar-refractivity contribution in [2.75, 3.05) is 10.6 Å². The molecule has 1 aromatic heterocycles. The average Bonchev–Trinajstić information content (AvgIpc) is 2.74. The average molecular weight is 404 g/mol. The van der Waals surface area contributed by atoms with Crippen LogP contribution < -0.4 is 10.6 Å². The first-order chi connectivity index (χ1) is 9.06. The number of hydrogen-bond donors (Lipinski definition) is 2. The normalized spacial score (nSPS) is 10.3. The molecule has 1 aromatic carbocycles. The highest BCUT2D eigenvalue weighted by Crippen LogP contribution is 2.28. The van der Waals surface area contributed by atoms with Crippen molar-refractivity contribution in [3.8, 4) is 0 Å². The van der Waals surface area contributed by atoms with Crippen LogP contribution in [0.25, 0.3) is 0 Å². The Bertz CT molecular complexity index is 598. The molecule has 0 bridgehead atoms. The Labute approximate surface area is 132 Å². The van der Waals surface area contributed by atoms with Crippen LogP contribution in [0, 0.1) is 0 Å². The maximum absolute atomic E-state index is 11.1. The number of nitrogens with one attached hydrogen (secondary N) is 2. The predicted octanol–water partition coefficient (Wildman–Crippen LogP) is 4.84. The standard InChI is InChI=1S/C13H12Br2N2OS/c1-8(18)17-12-4-5-19-13(12)7-16-11-3-2-9(14)6-10(11)15/h2-6,16H,7H2,1H3,(H,17,18). The number of benzene rings is 1. The van der Waals surface area contributed by atoms with Gasteiger partial charge in [-0.25, -0.2) is 0 Å². The summed E-state index contributed by atoms with van der Waals surface area (Å²) in [6.07, 6.45) is 0. The lowest BCUT2D eigenvalue weighted by Crippen LogP contribution is -2.08. The molecule has 0 unspecified atom stereocenters. The number of hydrogen-bond acceptors (Lipinski definition) is 3. The van der Waals surface area contributed by atoms with Crippen LogP contribution in [0.4, 0.5) is 11.4 Å². The molecular weight excluding hydrogens is 392 g/mol. The van der Waals surface area contributed by atoms with Crippen LogP contribution >= 0.6 is 43.2 Å². The van der Waals surface area contributed by atoms with E-state index in [1.165, 1.54) is 6.92 Å². The van der Waals surface area contributed by atoms with Gasteiger partial charge in [-0.1, -0.05) is 15.9 Å². The van der Waals surface area contributed by atoms with Gasteiger partial charge in [0, 0.05) is 26.4 Å². The first-order valence-electron chi connectivity index (χ1n) is 5.59. The lowest BCUT2D eigenvalue weighted by Gasteiger charge is -2.09. The molecule has 6 heteroatoms. The van der Waals surface area contributed by atoms with E-state index < -0.39 is 0 Å². The van der Waals surface area contributed by atoms with E-state index in [1.54, 1.807) is 11.3 Å². The first kappa shape index (κ1) is 14.6. The number of carbonyl (C=O) groups excluding carboxylic acids is 1. The second-order valence-corrected chi connectivity index (χ2v) is 6.69. The fourth-order valence-corrected chi connectivity index (χ4v) is 3.54. The van der Waals surface area contributed by atoms with E-state index in [1.807, 2.05) is 29.6 Å². The number of thiophene rings is 1. The molecule has 0 saturated heterocycles. The zero-order valence-corrected chi connectivity index (χ0v) is 14.2. The molecule has 0 radical (unpaired) electrons. The Balaban J connectivity index is 2.06. The van der Waals surface area contributed by atoms with Crippen molar-refractivity contribution in [2.45, 2.75) is 13.5 Å². The topological polar surface area (TPSA) is 41.1 Å². The van der Waals surface area contributed by atoms with Crippen LogP contribution in [-0.2, 0) is 11.3 Å². The van der Waals surface area contributed by atoms with Crippen molar-refractivity contribution in [1.29, 1.82) is 0 Å². The molecule has 19 heavy (non-hydrogen) atoms. The van der Waals surface area contributed by atoms with E-state index in [4.69, 9.17) is 0 Å². The predicted molar refractivity (Wildman–Crippen MR) is 87.8 cm³/mol. The quantitative estimate of drug-likeness (QED) is 0.766. The summed E-state index contributed by atoms with van der Waals surface area (Å²) < 4.78 is 2.03. The van der Waals surface area contributed by atoms with Crippen molar-refractivity contribution < 1.29 is 4.79 Å². The lowest BCUT2D eigenvalue weighted by atomic mass is 10.3. The highest BCUT2D eigenvalue weighted by molar-refractivity contribution is 9.11. The summed E-state index contributed by atoms with van der Waals surface area (Å²) in [6, 6.07) is 7.89. The molecule has 0 aliphatic heterocycles. The number of amides is 1. The molecule has 1 heterocycles. The van der Waals surface area contributed by atoms with Gasteiger partial charge < -0.3 is 10.6 Å². The second kappa shape index (κ2) is 6.54. The number of rotatable bonds is 4. The molecule has 100 valence electrons. The third-order valence-corrected chi connectivity index (χ3v) is 4.50. The number of halogens is 2. The van der Waals surface area contributed by atoms with Gasteiger partial charge in [0.25, 0.3) is 0 Å². The van der Waals surface area contributed by atoms with E-state index in [0.717, 1.165) is 25.2 Å². The van der Waals surface area contributed by atoms with Gasteiger partial charge in [0.15, 0.2) is 0 Å². The van der Waals surface area contributed by atoms with Gasteiger partial charge in [-0.05, 0) is 45.6 Å². The van der Waals surface area contributed by atoms with Crippen molar-refractivity contribution in [2.24, 2.45) is 0 Å². The Hall–Kier alpha value is -0.850. The molecule has 0 saturated carbocycles. The maximum Gasteiger partial charge on any atom is 0.221 e. The maximum atomic E-state index is 11.1. The smallest absolute Gasteiger partial charge is 0.221 e. The van der Waals surface area contributed by atoms with E-state index in [2.05, 4.69) is 42.5 Å². The molecule has 2 N–H and O–H groups in total. The minimum atomic E-state index is -0.0514. The summed E-state index contributed by atoms with van der Waals surface area (Å²) in [6.45, 7) is 2.19. The Morgan fingerprint density at radius 2 is 2.05 bits per heavy atom. The fraction of sp³-hybridized carbons (Fsp3) is 0.154. The van der Waals surface area contributed by atoms with E-state index in [9.17, 15) is 4.79 Å². The van der Waals surface area contributed by atoms with Gasteiger partial charge in [-0.2, -0.15) is 0 Å². The largest absolute Gasteiger partial charge is 0.379 e. The second-order valence-electron chi connectivity index (χ2n) is 3.92. The van der Waals surface area contributed by atoms with Gasteiger partial charge in [0.05, 0.1) is 12.2 Å². The van der Waals surface area contributed by atoms with Crippen molar-refractivity contribution in [3.05, 3.63) is 43.5 Å². The summed E-state index contributed by atoms with van der Waals surface area (Å²) >= 11 is 8.55. The molecule has 3 nitrogen and oxygen atoms in total. The van der Waals surface area contributed by atoms with Crippen LogP contribution in [0.1, 0.15) is 11.8 Å². The summed E-state index contributed by atoms with van der Waals surface area (Å²) in [5.41, 5.74) is 1.89. The summed E-state index contributed by atoms with van der Waals surface area (Å²) in [5, 5.41) is 8.14. The lowest BCUT2D eigenvalue weighted by molar-refractivity contribution is -0.114. The Kier molecular flexibility index (Phi) is 5.01. The SMILES string of the molecule is CC(=O)Nc1ccsc1CNc1ccc(Br)cc1Br. The van der Waals surface area contributed by atoms with Gasteiger partial charge >= 0.3 is 0 Å². The summed E-state index contributed by atoms with van der Waals surface area (Å²) in [7, 11) is 0. The summed E-state index contributed by atoms with van der Waals surface area (Å²) in [5.74, 6) is -0.0514. The highest BCUT2D eigenvalue weighted by atomic mass is 79.9. The zero-order valence-electron chi connectivity index (χ0n) is 10.2. The van der Waals surface area contributed by atoms with Gasteiger partial charge in [-0.15, -0.1) is 11.3 Å². The highest BCUT2D eigenvalue weighted by Gasteiger charge is 2.06. The molecule has 0 aliphatic rings. The van der Waals surface area contributed by atoms with Crippen LogP contribution in [0.15, 0.2) is 38.6 Å². The monoisotopic (exact) mass is 402 g/mol. The Morgan fingerprint density at radius 3 is 2.74 bits per heavy atom. The molecule has 2 rings (SSSR count). The van der Waals surface area contributed by atoms with Gasteiger partial charge in [-0.3, -0.25) is 4.79 Å². The third kappa shape index (κ3) is 4.06. The van der Waals surface area contributed by atoms with Crippen molar-refractivity contribution in [1.82, 2.24) is 0 Å². The molecular formula is C13H12Br2N2OS. The van der Waals surface area contributed by atoms with Crippen LogP contribution in [0.3, 0.4) is 0 Å². The number of anilines is 2.